The average Bonchev–Trinajstić information content (AvgIpc) is 2.73. The zero-order chi connectivity index (χ0) is 14.4. The Labute approximate surface area is 121 Å². The maximum absolute atomic E-state index is 13.0. The molecule has 1 fully saturated rings. The number of aliphatic hydroxyl groups is 1. The van der Waals surface area contributed by atoms with Crippen LogP contribution in [0.1, 0.15) is 63.5 Å². The van der Waals surface area contributed by atoms with Crippen LogP contribution in [0.3, 0.4) is 0 Å². The molecule has 1 saturated carbocycles. The Hall–Kier alpha value is -0.930. The summed E-state index contributed by atoms with van der Waals surface area (Å²) in [4.78, 5) is 0. The maximum Gasteiger partial charge on any atom is 0.123 e. The van der Waals surface area contributed by atoms with Crippen LogP contribution in [0.4, 0.5) is 4.39 Å². The first kappa shape index (κ1) is 15.5. The lowest BCUT2D eigenvalue weighted by atomic mass is 9.98. The average molecular weight is 279 g/mol. The van der Waals surface area contributed by atoms with Gasteiger partial charge in [0.25, 0.3) is 0 Å². The molecule has 0 amide bonds. The molecular weight excluding hydrogens is 253 g/mol. The first-order chi connectivity index (χ1) is 9.70. The molecule has 2 unspecified atom stereocenters. The predicted octanol–water partition coefficient (Wildman–Crippen LogP) is 3.95. The van der Waals surface area contributed by atoms with Crippen LogP contribution in [0.15, 0.2) is 24.3 Å². The van der Waals surface area contributed by atoms with Gasteiger partial charge in [0.15, 0.2) is 0 Å². The van der Waals surface area contributed by atoms with Gasteiger partial charge in [0.1, 0.15) is 5.82 Å². The van der Waals surface area contributed by atoms with Crippen molar-refractivity contribution in [3.63, 3.8) is 0 Å². The van der Waals surface area contributed by atoms with Crippen LogP contribution in [0.5, 0.6) is 0 Å². The van der Waals surface area contributed by atoms with Crippen LogP contribution in [0.25, 0.3) is 0 Å². The summed E-state index contributed by atoms with van der Waals surface area (Å²) in [5.74, 6) is -0.259. The summed E-state index contributed by atoms with van der Waals surface area (Å²) >= 11 is 0. The van der Waals surface area contributed by atoms with Gasteiger partial charge in [-0.05, 0) is 37.0 Å². The van der Waals surface area contributed by atoms with Crippen molar-refractivity contribution in [3.05, 3.63) is 35.6 Å². The molecule has 1 aliphatic rings. The maximum atomic E-state index is 13.0. The van der Waals surface area contributed by atoms with E-state index < -0.39 is 6.10 Å². The van der Waals surface area contributed by atoms with Gasteiger partial charge >= 0.3 is 0 Å². The molecule has 2 nitrogen and oxygen atoms in total. The van der Waals surface area contributed by atoms with Crippen molar-refractivity contribution in [2.24, 2.45) is 0 Å². The molecule has 0 spiro atoms. The van der Waals surface area contributed by atoms with Crippen LogP contribution in [0.2, 0.25) is 0 Å². The molecule has 0 bridgehead atoms. The van der Waals surface area contributed by atoms with Gasteiger partial charge in [-0.2, -0.15) is 0 Å². The highest BCUT2D eigenvalue weighted by Crippen LogP contribution is 2.23. The van der Waals surface area contributed by atoms with Crippen molar-refractivity contribution in [3.8, 4) is 0 Å². The monoisotopic (exact) mass is 279 g/mol. The molecule has 1 aliphatic carbocycles. The molecule has 0 aliphatic heterocycles. The predicted molar refractivity (Wildman–Crippen MR) is 80.1 cm³/mol. The Kier molecular flexibility index (Phi) is 5.99. The highest BCUT2D eigenvalue weighted by atomic mass is 19.1. The second-order valence-electron chi connectivity index (χ2n) is 5.87. The molecule has 0 radical (unpaired) electrons. The fourth-order valence-electron chi connectivity index (χ4n) is 3.07. The highest BCUT2D eigenvalue weighted by molar-refractivity contribution is 5.20. The molecule has 3 heteroatoms. The Bertz CT molecular complexity index is 384. The van der Waals surface area contributed by atoms with Crippen molar-refractivity contribution in [1.29, 1.82) is 0 Å². The van der Waals surface area contributed by atoms with Gasteiger partial charge < -0.3 is 10.4 Å². The van der Waals surface area contributed by atoms with E-state index in [9.17, 15) is 9.50 Å². The number of nitrogens with one attached hydrogen (secondary N) is 1. The molecule has 0 heterocycles. The SMILES string of the molecule is CCC(NC1CCCCCC1)C(O)c1ccc(F)cc1. The lowest BCUT2D eigenvalue weighted by molar-refractivity contribution is 0.117. The van der Waals surface area contributed by atoms with E-state index in [1.54, 1.807) is 12.1 Å². The molecular formula is C17H26FNO. The number of aliphatic hydroxyl groups excluding tert-OH is 1. The first-order valence-corrected chi connectivity index (χ1v) is 7.90. The normalized spacial score (nSPS) is 20.4. The molecule has 2 atom stereocenters. The molecule has 0 saturated heterocycles. The summed E-state index contributed by atoms with van der Waals surface area (Å²) in [5.41, 5.74) is 0.791. The summed E-state index contributed by atoms with van der Waals surface area (Å²) < 4.78 is 13.0. The molecule has 1 aromatic rings. The second kappa shape index (κ2) is 7.75. The summed E-state index contributed by atoms with van der Waals surface area (Å²) in [6.45, 7) is 2.08. The quantitative estimate of drug-likeness (QED) is 0.800. The van der Waals surface area contributed by atoms with Crippen LogP contribution >= 0.6 is 0 Å². The van der Waals surface area contributed by atoms with Crippen LogP contribution in [0, 0.1) is 5.82 Å². The van der Waals surface area contributed by atoms with Crippen molar-refractivity contribution in [2.45, 2.75) is 70.1 Å². The molecule has 112 valence electrons. The first-order valence-electron chi connectivity index (χ1n) is 7.90. The fourth-order valence-corrected chi connectivity index (χ4v) is 3.07. The van der Waals surface area contributed by atoms with Gasteiger partial charge in [-0.1, -0.05) is 44.7 Å². The number of rotatable bonds is 5. The Morgan fingerprint density at radius 2 is 1.75 bits per heavy atom. The molecule has 2 rings (SSSR count). The zero-order valence-electron chi connectivity index (χ0n) is 12.3. The van der Waals surface area contributed by atoms with Crippen molar-refractivity contribution >= 4 is 0 Å². The number of hydrogen-bond donors (Lipinski definition) is 2. The van der Waals surface area contributed by atoms with Crippen LogP contribution in [-0.4, -0.2) is 17.2 Å². The van der Waals surface area contributed by atoms with E-state index in [1.807, 2.05) is 0 Å². The third-order valence-corrected chi connectivity index (χ3v) is 4.34. The van der Waals surface area contributed by atoms with Crippen molar-refractivity contribution < 1.29 is 9.50 Å². The van der Waals surface area contributed by atoms with Gasteiger partial charge in [0, 0.05) is 12.1 Å². The Morgan fingerprint density at radius 1 is 1.15 bits per heavy atom. The molecule has 1 aromatic carbocycles. The van der Waals surface area contributed by atoms with E-state index in [2.05, 4.69) is 12.2 Å². The summed E-state index contributed by atoms with van der Waals surface area (Å²) in [5, 5.41) is 14.1. The van der Waals surface area contributed by atoms with E-state index in [-0.39, 0.29) is 11.9 Å². The van der Waals surface area contributed by atoms with E-state index in [1.165, 1.54) is 50.7 Å². The van der Waals surface area contributed by atoms with E-state index in [0.717, 1.165) is 12.0 Å². The van der Waals surface area contributed by atoms with Crippen molar-refractivity contribution in [2.75, 3.05) is 0 Å². The molecule has 0 aromatic heterocycles. The van der Waals surface area contributed by atoms with E-state index in [0.29, 0.717) is 6.04 Å². The lowest BCUT2D eigenvalue weighted by Gasteiger charge is -2.28. The van der Waals surface area contributed by atoms with E-state index >= 15 is 0 Å². The zero-order valence-corrected chi connectivity index (χ0v) is 12.3. The van der Waals surface area contributed by atoms with Gasteiger partial charge in [-0.3, -0.25) is 0 Å². The minimum atomic E-state index is -0.566. The van der Waals surface area contributed by atoms with Gasteiger partial charge in [0.05, 0.1) is 6.10 Å². The van der Waals surface area contributed by atoms with Gasteiger partial charge in [0.2, 0.25) is 0 Å². The Balaban J connectivity index is 1.97. The number of halogens is 1. The van der Waals surface area contributed by atoms with Gasteiger partial charge in [-0.25, -0.2) is 4.39 Å². The smallest absolute Gasteiger partial charge is 0.123 e. The molecule has 20 heavy (non-hydrogen) atoms. The summed E-state index contributed by atoms with van der Waals surface area (Å²) in [6.07, 6.45) is 7.92. The van der Waals surface area contributed by atoms with Crippen LogP contribution < -0.4 is 5.32 Å². The largest absolute Gasteiger partial charge is 0.387 e. The van der Waals surface area contributed by atoms with Crippen molar-refractivity contribution in [1.82, 2.24) is 5.32 Å². The number of benzene rings is 1. The third kappa shape index (κ3) is 4.29. The van der Waals surface area contributed by atoms with Crippen LogP contribution in [-0.2, 0) is 0 Å². The molecule has 2 N–H and O–H groups in total. The standard InChI is InChI=1S/C17H26FNO/c1-2-16(19-15-7-5-3-4-6-8-15)17(20)13-9-11-14(18)12-10-13/h9-12,15-17,19-20H,2-8H2,1H3. The second-order valence-corrected chi connectivity index (χ2v) is 5.87. The third-order valence-electron chi connectivity index (χ3n) is 4.34. The lowest BCUT2D eigenvalue weighted by Crippen LogP contribution is -2.41. The minimum absolute atomic E-state index is 0.0450. The fraction of sp³-hybridized carbons (Fsp3) is 0.647. The Morgan fingerprint density at radius 3 is 2.30 bits per heavy atom. The van der Waals surface area contributed by atoms with E-state index in [4.69, 9.17) is 0 Å². The van der Waals surface area contributed by atoms with Gasteiger partial charge in [-0.15, -0.1) is 0 Å². The highest BCUT2D eigenvalue weighted by Gasteiger charge is 2.23. The topological polar surface area (TPSA) is 32.3 Å². The number of hydrogen-bond acceptors (Lipinski definition) is 2. The summed E-state index contributed by atoms with van der Waals surface area (Å²) in [7, 11) is 0. The summed E-state index contributed by atoms with van der Waals surface area (Å²) in [6, 6.07) is 6.74. The minimum Gasteiger partial charge on any atom is -0.387 e.